The second-order valence-electron chi connectivity index (χ2n) is 3.94. The molecule has 0 aliphatic rings. The Kier molecular flexibility index (Phi) is 5.44. The normalized spacial score (nSPS) is 11.5. The molecule has 19 heavy (non-hydrogen) atoms. The zero-order valence-corrected chi connectivity index (χ0v) is 11.3. The summed E-state index contributed by atoms with van der Waals surface area (Å²) in [5.74, 6) is -0.425. The van der Waals surface area contributed by atoms with Crippen LogP contribution in [0, 0.1) is 0 Å². The third kappa shape index (κ3) is 5.05. The molecule has 1 rings (SSSR count). The summed E-state index contributed by atoms with van der Waals surface area (Å²) < 4.78 is 5.02. The van der Waals surface area contributed by atoms with Crippen molar-refractivity contribution in [2.24, 2.45) is 0 Å². The monoisotopic (exact) mass is 286 g/mol. The lowest BCUT2D eigenvalue weighted by Crippen LogP contribution is -2.37. The summed E-state index contributed by atoms with van der Waals surface area (Å²) in [5.41, 5.74) is 0.390. The van der Waals surface area contributed by atoms with Gasteiger partial charge in [0.25, 0.3) is 0 Å². The molecule has 1 aromatic rings. The lowest BCUT2D eigenvalue weighted by atomic mass is 10.2. The van der Waals surface area contributed by atoms with E-state index in [4.69, 9.17) is 21.4 Å². The van der Waals surface area contributed by atoms with Gasteiger partial charge in [-0.3, -0.25) is 4.79 Å². The summed E-state index contributed by atoms with van der Waals surface area (Å²) in [5, 5.41) is 14.0. The Labute approximate surface area is 115 Å². The molecule has 0 aromatic heterocycles. The number of rotatable bonds is 5. The van der Waals surface area contributed by atoms with Gasteiger partial charge in [-0.2, -0.15) is 0 Å². The molecule has 1 unspecified atom stereocenters. The van der Waals surface area contributed by atoms with Gasteiger partial charge in [0.15, 0.2) is 0 Å². The van der Waals surface area contributed by atoms with Crippen LogP contribution < -0.4 is 15.4 Å². The topological polar surface area (TPSA) is 87.7 Å². The minimum absolute atomic E-state index is 0.154. The molecule has 0 heterocycles. The van der Waals surface area contributed by atoms with Crippen molar-refractivity contribution in [2.45, 2.75) is 19.4 Å². The Hall–Kier alpha value is -1.95. The number of carboxylic acids is 1. The first-order valence-corrected chi connectivity index (χ1v) is 5.93. The predicted octanol–water partition coefficient (Wildman–Crippen LogP) is 2.33. The van der Waals surface area contributed by atoms with Crippen molar-refractivity contribution >= 4 is 29.3 Å². The SMILES string of the molecule is COc1ccc(Cl)c(NC(=O)NC(C)CC(=O)O)c1. The molecular weight excluding hydrogens is 272 g/mol. The van der Waals surface area contributed by atoms with Crippen LogP contribution in [-0.2, 0) is 4.79 Å². The van der Waals surface area contributed by atoms with Crippen LogP contribution in [0.4, 0.5) is 10.5 Å². The van der Waals surface area contributed by atoms with Crippen molar-refractivity contribution in [3.05, 3.63) is 23.2 Å². The number of hydrogen-bond donors (Lipinski definition) is 3. The van der Waals surface area contributed by atoms with Gasteiger partial charge in [0, 0.05) is 12.1 Å². The van der Waals surface area contributed by atoms with Crippen molar-refractivity contribution in [2.75, 3.05) is 12.4 Å². The van der Waals surface area contributed by atoms with Gasteiger partial charge in [-0.1, -0.05) is 11.6 Å². The molecule has 2 amide bonds. The minimum Gasteiger partial charge on any atom is -0.497 e. The van der Waals surface area contributed by atoms with Crippen LogP contribution in [0.1, 0.15) is 13.3 Å². The Morgan fingerprint density at radius 3 is 2.74 bits per heavy atom. The Morgan fingerprint density at radius 1 is 1.47 bits per heavy atom. The number of carbonyl (C=O) groups is 2. The van der Waals surface area contributed by atoms with E-state index in [-0.39, 0.29) is 6.42 Å². The minimum atomic E-state index is -0.979. The first-order chi connectivity index (χ1) is 8.92. The number of nitrogens with one attached hydrogen (secondary N) is 2. The van der Waals surface area contributed by atoms with Gasteiger partial charge in [-0.15, -0.1) is 0 Å². The van der Waals surface area contributed by atoms with Gasteiger partial charge in [0.1, 0.15) is 5.75 Å². The lowest BCUT2D eigenvalue weighted by Gasteiger charge is -2.14. The standard InChI is InChI=1S/C12H15ClN2O4/c1-7(5-11(16)17)14-12(18)15-10-6-8(19-2)3-4-9(10)13/h3-4,6-7H,5H2,1-2H3,(H,16,17)(H2,14,15,18). The van der Waals surface area contributed by atoms with Gasteiger partial charge < -0.3 is 20.5 Å². The number of halogens is 1. The highest BCUT2D eigenvalue weighted by atomic mass is 35.5. The molecule has 0 spiro atoms. The first-order valence-electron chi connectivity index (χ1n) is 5.55. The van der Waals surface area contributed by atoms with Crippen molar-refractivity contribution in [3.63, 3.8) is 0 Å². The van der Waals surface area contributed by atoms with E-state index in [2.05, 4.69) is 10.6 Å². The fraction of sp³-hybridized carbons (Fsp3) is 0.333. The number of hydrogen-bond acceptors (Lipinski definition) is 3. The highest BCUT2D eigenvalue weighted by molar-refractivity contribution is 6.33. The van der Waals surface area contributed by atoms with E-state index in [0.29, 0.717) is 16.5 Å². The van der Waals surface area contributed by atoms with Crippen LogP contribution in [0.5, 0.6) is 5.75 Å². The molecule has 0 saturated carbocycles. The van der Waals surface area contributed by atoms with Crippen LogP contribution in [0.2, 0.25) is 5.02 Å². The number of urea groups is 1. The Balaban J connectivity index is 2.63. The largest absolute Gasteiger partial charge is 0.497 e. The maximum atomic E-state index is 11.6. The van der Waals surface area contributed by atoms with E-state index in [1.165, 1.54) is 7.11 Å². The molecule has 0 aliphatic heterocycles. The fourth-order valence-electron chi connectivity index (χ4n) is 1.42. The summed E-state index contributed by atoms with van der Waals surface area (Å²) in [7, 11) is 1.50. The number of anilines is 1. The van der Waals surface area contributed by atoms with Gasteiger partial charge in [0.05, 0.1) is 24.2 Å². The lowest BCUT2D eigenvalue weighted by molar-refractivity contribution is -0.137. The summed E-state index contributed by atoms with van der Waals surface area (Å²) in [6.07, 6.45) is -0.154. The molecular formula is C12H15ClN2O4. The van der Waals surface area contributed by atoms with Crippen LogP contribution in [-0.4, -0.2) is 30.3 Å². The molecule has 1 aromatic carbocycles. The van der Waals surface area contributed by atoms with E-state index in [1.807, 2.05) is 0 Å². The van der Waals surface area contributed by atoms with Gasteiger partial charge in [-0.25, -0.2) is 4.79 Å². The smallest absolute Gasteiger partial charge is 0.319 e. The summed E-state index contributed by atoms with van der Waals surface area (Å²) in [4.78, 5) is 22.1. The molecule has 3 N–H and O–H groups in total. The van der Waals surface area contributed by atoms with E-state index < -0.39 is 18.0 Å². The van der Waals surface area contributed by atoms with Gasteiger partial charge in [-0.05, 0) is 19.1 Å². The van der Waals surface area contributed by atoms with E-state index in [1.54, 1.807) is 25.1 Å². The molecule has 0 aliphatic carbocycles. The number of carboxylic acid groups (broad SMARTS) is 1. The van der Waals surface area contributed by atoms with Crippen molar-refractivity contribution < 1.29 is 19.4 Å². The Morgan fingerprint density at radius 2 is 2.16 bits per heavy atom. The zero-order chi connectivity index (χ0) is 14.4. The second-order valence-corrected chi connectivity index (χ2v) is 4.35. The van der Waals surface area contributed by atoms with Crippen molar-refractivity contribution in [1.29, 1.82) is 0 Å². The maximum absolute atomic E-state index is 11.6. The third-order valence-corrected chi connectivity index (χ3v) is 2.61. The molecule has 0 saturated heterocycles. The van der Waals surface area contributed by atoms with Crippen LogP contribution >= 0.6 is 11.6 Å². The first kappa shape index (κ1) is 15.1. The Bertz CT molecular complexity index is 479. The molecule has 0 bridgehead atoms. The molecule has 7 heteroatoms. The van der Waals surface area contributed by atoms with Gasteiger partial charge >= 0.3 is 12.0 Å². The van der Waals surface area contributed by atoms with E-state index >= 15 is 0 Å². The van der Waals surface area contributed by atoms with Crippen molar-refractivity contribution in [1.82, 2.24) is 5.32 Å². The highest BCUT2D eigenvalue weighted by Crippen LogP contribution is 2.26. The van der Waals surface area contributed by atoms with Crippen LogP contribution in [0.3, 0.4) is 0 Å². The number of amides is 2. The quantitative estimate of drug-likeness (QED) is 0.775. The van der Waals surface area contributed by atoms with Crippen molar-refractivity contribution in [3.8, 4) is 5.75 Å². The zero-order valence-electron chi connectivity index (χ0n) is 10.6. The average Bonchev–Trinajstić information content (AvgIpc) is 2.30. The number of methoxy groups -OCH3 is 1. The number of ether oxygens (including phenoxy) is 1. The number of benzene rings is 1. The van der Waals surface area contributed by atoms with Crippen LogP contribution in [0.15, 0.2) is 18.2 Å². The van der Waals surface area contributed by atoms with Crippen LogP contribution in [0.25, 0.3) is 0 Å². The molecule has 1 atom stereocenters. The average molecular weight is 287 g/mol. The van der Waals surface area contributed by atoms with Gasteiger partial charge in [0.2, 0.25) is 0 Å². The molecule has 104 valence electrons. The summed E-state index contributed by atoms with van der Waals surface area (Å²) >= 11 is 5.93. The fourth-order valence-corrected chi connectivity index (χ4v) is 1.59. The maximum Gasteiger partial charge on any atom is 0.319 e. The second kappa shape index (κ2) is 6.84. The number of aliphatic carboxylic acids is 1. The van der Waals surface area contributed by atoms with E-state index in [9.17, 15) is 9.59 Å². The summed E-state index contributed by atoms with van der Waals surface area (Å²) in [6.45, 7) is 1.60. The predicted molar refractivity (Wildman–Crippen MR) is 71.9 cm³/mol. The molecule has 0 radical (unpaired) electrons. The summed E-state index contributed by atoms with van der Waals surface area (Å²) in [6, 6.07) is 3.82. The molecule has 6 nitrogen and oxygen atoms in total. The highest BCUT2D eigenvalue weighted by Gasteiger charge is 2.12. The number of carbonyl (C=O) groups excluding carboxylic acids is 1. The van der Waals surface area contributed by atoms with E-state index in [0.717, 1.165) is 0 Å². The third-order valence-electron chi connectivity index (χ3n) is 2.28. The molecule has 0 fully saturated rings.